The minimum Gasteiger partial charge on any atom is -0.478 e. The smallest absolute Gasteiger partial charge is 0.339 e. The fraction of sp³-hybridized carbons (Fsp3) is 0.444. The molecule has 1 N–H and O–H groups in total. The van der Waals surface area contributed by atoms with Crippen molar-refractivity contribution in [1.29, 1.82) is 0 Å². The van der Waals surface area contributed by atoms with Crippen molar-refractivity contribution in [2.45, 2.75) is 45.6 Å². The van der Waals surface area contributed by atoms with Crippen molar-refractivity contribution < 1.29 is 23.5 Å². The van der Waals surface area contributed by atoms with E-state index in [4.69, 9.17) is 8.83 Å². The van der Waals surface area contributed by atoms with Crippen molar-refractivity contribution in [3.63, 3.8) is 0 Å². The maximum Gasteiger partial charge on any atom is 0.339 e. The Hall–Kier alpha value is -2.50. The Morgan fingerprint density at radius 2 is 2.04 bits per heavy atom. The van der Waals surface area contributed by atoms with E-state index in [1.54, 1.807) is 11.8 Å². The van der Waals surface area contributed by atoms with Crippen LogP contribution in [0.15, 0.2) is 27.0 Å². The lowest BCUT2D eigenvalue weighted by Gasteiger charge is -2.22. The highest BCUT2D eigenvalue weighted by molar-refractivity contribution is 5.96. The van der Waals surface area contributed by atoms with E-state index in [0.717, 1.165) is 30.8 Å². The third-order valence-electron chi connectivity index (χ3n) is 4.44. The van der Waals surface area contributed by atoms with Crippen LogP contribution in [0.2, 0.25) is 0 Å². The average Bonchev–Trinajstić information content (AvgIpc) is 3.30. The van der Waals surface area contributed by atoms with E-state index >= 15 is 0 Å². The van der Waals surface area contributed by atoms with Crippen LogP contribution in [-0.4, -0.2) is 28.4 Å². The third-order valence-corrected chi connectivity index (χ3v) is 4.44. The summed E-state index contributed by atoms with van der Waals surface area (Å²) in [6, 6.07) is 5.05. The van der Waals surface area contributed by atoms with E-state index in [-0.39, 0.29) is 23.3 Å². The SMILES string of the molecule is CCc1ccc(C2CCCN2C(=O)c2cc(C(=O)O)c(CC)o2)o1. The molecule has 6 heteroatoms. The molecular formula is C18H21NO5. The van der Waals surface area contributed by atoms with Crippen LogP contribution in [0, 0.1) is 0 Å². The number of rotatable bonds is 5. The van der Waals surface area contributed by atoms with Crippen LogP contribution in [0.25, 0.3) is 0 Å². The first-order valence-electron chi connectivity index (χ1n) is 8.30. The molecular weight excluding hydrogens is 310 g/mol. The van der Waals surface area contributed by atoms with Gasteiger partial charge in [-0.3, -0.25) is 4.79 Å². The van der Waals surface area contributed by atoms with Gasteiger partial charge in [0.2, 0.25) is 0 Å². The number of furan rings is 2. The Labute approximate surface area is 140 Å². The van der Waals surface area contributed by atoms with E-state index in [2.05, 4.69) is 0 Å². The summed E-state index contributed by atoms with van der Waals surface area (Å²) in [7, 11) is 0. The highest BCUT2D eigenvalue weighted by Crippen LogP contribution is 2.34. The summed E-state index contributed by atoms with van der Waals surface area (Å²) in [5, 5.41) is 9.22. The molecule has 2 aromatic heterocycles. The quantitative estimate of drug-likeness (QED) is 0.903. The number of nitrogens with zero attached hydrogens (tertiary/aromatic N) is 1. The van der Waals surface area contributed by atoms with E-state index in [0.29, 0.717) is 18.7 Å². The minimum absolute atomic E-state index is 0.0582. The fourth-order valence-corrected chi connectivity index (χ4v) is 3.19. The van der Waals surface area contributed by atoms with E-state index in [1.807, 2.05) is 19.1 Å². The first kappa shape index (κ1) is 16.4. The van der Waals surface area contributed by atoms with Gasteiger partial charge >= 0.3 is 5.97 Å². The lowest BCUT2D eigenvalue weighted by molar-refractivity contribution is 0.0678. The van der Waals surface area contributed by atoms with E-state index in [1.165, 1.54) is 6.07 Å². The molecule has 1 saturated heterocycles. The van der Waals surface area contributed by atoms with Crippen molar-refractivity contribution >= 4 is 11.9 Å². The van der Waals surface area contributed by atoms with Crippen LogP contribution in [0.3, 0.4) is 0 Å². The van der Waals surface area contributed by atoms with Gasteiger partial charge in [-0.2, -0.15) is 0 Å². The molecule has 0 saturated carbocycles. The molecule has 1 aliphatic heterocycles. The molecule has 0 aliphatic carbocycles. The number of carbonyl (C=O) groups is 2. The van der Waals surface area contributed by atoms with E-state index < -0.39 is 5.97 Å². The number of likely N-dealkylation sites (tertiary alicyclic amines) is 1. The molecule has 3 heterocycles. The zero-order valence-electron chi connectivity index (χ0n) is 13.9. The second kappa shape index (κ2) is 6.55. The summed E-state index contributed by atoms with van der Waals surface area (Å²) in [6.07, 6.45) is 2.94. The van der Waals surface area contributed by atoms with E-state index in [9.17, 15) is 14.7 Å². The Kier molecular flexibility index (Phi) is 4.46. The Morgan fingerprint density at radius 1 is 1.25 bits per heavy atom. The first-order chi connectivity index (χ1) is 11.5. The van der Waals surface area contributed by atoms with Crippen LogP contribution < -0.4 is 0 Å². The number of hydrogen-bond donors (Lipinski definition) is 1. The summed E-state index contributed by atoms with van der Waals surface area (Å²) in [4.78, 5) is 25.8. The average molecular weight is 331 g/mol. The van der Waals surface area contributed by atoms with Crippen LogP contribution >= 0.6 is 0 Å². The predicted octanol–water partition coefficient (Wildman–Crippen LogP) is 3.67. The number of amides is 1. The van der Waals surface area contributed by atoms with Gasteiger partial charge in [-0.05, 0) is 25.0 Å². The fourth-order valence-electron chi connectivity index (χ4n) is 3.19. The largest absolute Gasteiger partial charge is 0.478 e. The van der Waals surface area contributed by atoms with Crippen LogP contribution in [-0.2, 0) is 12.8 Å². The molecule has 6 nitrogen and oxygen atoms in total. The molecule has 1 unspecified atom stereocenters. The lowest BCUT2D eigenvalue weighted by atomic mass is 10.1. The van der Waals surface area contributed by atoms with Gasteiger partial charge in [-0.15, -0.1) is 0 Å². The standard InChI is InChI=1S/C18H21NO5/c1-3-11-7-8-15(23-11)13-6-5-9-19(13)17(20)16-10-12(18(21)22)14(4-2)24-16/h7-8,10,13H,3-6,9H2,1-2H3,(H,21,22). The van der Waals surface area contributed by atoms with Crippen molar-refractivity contribution in [3.05, 3.63) is 46.8 Å². The maximum atomic E-state index is 12.8. The Morgan fingerprint density at radius 3 is 2.62 bits per heavy atom. The zero-order chi connectivity index (χ0) is 17.3. The van der Waals surface area contributed by atoms with Crippen LogP contribution in [0.1, 0.15) is 70.9 Å². The van der Waals surface area contributed by atoms with Gasteiger partial charge < -0.3 is 18.8 Å². The number of carbonyl (C=O) groups excluding carboxylic acids is 1. The predicted molar refractivity (Wildman–Crippen MR) is 86.1 cm³/mol. The number of aromatic carboxylic acids is 1. The summed E-state index contributed by atoms with van der Waals surface area (Å²) in [5.41, 5.74) is 0.0582. The van der Waals surface area contributed by atoms with Gasteiger partial charge in [0.25, 0.3) is 5.91 Å². The molecule has 0 aromatic carbocycles. The van der Waals surface area contributed by atoms with Gasteiger partial charge in [-0.25, -0.2) is 4.79 Å². The normalized spacial score (nSPS) is 17.4. The van der Waals surface area contributed by atoms with Crippen LogP contribution in [0.5, 0.6) is 0 Å². The molecule has 128 valence electrons. The summed E-state index contributed by atoms with van der Waals surface area (Å²) >= 11 is 0. The Balaban J connectivity index is 1.87. The van der Waals surface area contributed by atoms with Crippen molar-refractivity contribution in [2.24, 2.45) is 0 Å². The first-order valence-corrected chi connectivity index (χ1v) is 8.30. The monoisotopic (exact) mass is 331 g/mol. The van der Waals surface area contributed by atoms with Crippen LogP contribution in [0.4, 0.5) is 0 Å². The Bertz CT molecular complexity index is 757. The van der Waals surface area contributed by atoms with Crippen molar-refractivity contribution in [2.75, 3.05) is 6.54 Å². The topological polar surface area (TPSA) is 83.9 Å². The molecule has 1 amide bonds. The van der Waals surface area contributed by atoms with Crippen molar-refractivity contribution in [3.8, 4) is 0 Å². The molecule has 0 radical (unpaired) electrons. The number of carboxylic acids is 1. The second-order valence-corrected chi connectivity index (χ2v) is 5.92. The lowest BCUT2D eigenvalue weighted by Crippen LogP contribution is -2.30. The molecule has 0 spiro atoms. The maximum absolute atomic E-state index is 12.8. The molecule has 1 fully saturated rings. The van der Waals surface area contributed by atoms with Crippen molar-refractivity contribution in [1.82, 2.24) is 4.90 Å². The molecule has 3 rings (SSSR count). The number of hydrogen-bond acceptors (Lipinski definition) is 4. The molecule has 2 aromatic rings. The molecule has 1 aliphatic rings. The summed E-state index contributed by atoms with van der Waals surface area (Å²) in [6.45, 7) is 4.42. The second-order valence-electron chi connectivity index (χ2n) is 5.92. The minimum atomic E-state index is -1.08. The third kappa shape index (κ3) is 2.84. The van der Waals surface area contributed by atoms with Gasteiger partial charge in [0.05, 0.1) is 6.04 Å². The van der Waals surface area contributed by atoms with Gasteiger partial charge in [-0.1, -0.05) is 13.8 Å². The molecule has 1 atom stereocenters. The highest BCUT2D eigenvalue weighted by atomic mass is 16.4. The number of aryl methyl sites for hydroxylation is 2. The van der Waals surface area contributed by atoms with Gasteiger partial charge in [0.1, 0.15) is 22.8 Å². The summed E-state index contributed by atoms with van der Waals surface area (Å²) < 4.78 is 11.3. The van der Waals surface area contributed by atoms with Gasteiger partial charge in [0.15, 0.2) is 5.76 Å². The molecule has 0 bridgehead atoms. The summed E-state index contributed by atoms with van der Waals surface area (Å²) in [5.74, 6) is 0.717. The zero-order valence-corrected chi connectivity index (χ0v) is 13.9. The number of carboxylic acid groups (broad SMARTS) is 1. The molecule has 24 heavy (non-hydrogen) atoms. The van der Waals surface area contributed by atoms with Gasteiger partial charge in [0, 0.05) is 25.5 Å². The highest BCUT2D eigenvalue weighted by Gasteiger charge is 2.34.